The molecule has 33 heavy (non-hydrogen) atoms. The molecule has 0 aliphatic heterocycles. The van der Waals surface area contributed by atoms with Crippen LogP contribution in [0.15, 0.2) is 97.1 Å². The van der Waals surface area contributed by atoms with Crippen LogP contribution < -0.4 is 5.32 Å². The molecule has 0 saturated heterocycles. The van der Waals surface area contributed by atoms with E-state index < -0.39 is 0 Å². The molecule has 0 aliphatic rings. The maximum absolute atomic E-state index is 13.5. The Bertz CT molecular complexity index is 1410. The second-order valence-electron chi connectivity index (χ2n) is 7.80. The van der Waals surface area contributed by atoms with Crippen LogP contribution in [0.1, 0.15) is 29.0 Å². The van der Waals surface area contributed by atoms with E-state index in [1.807, 2.05) is 73.7 Å². The van der Waals surface area contributed by atoms with Gasteiger partial charge < -0.3 is 5.32 Å². The van der Waals surface area contributed by atoms with Gasteiger partial charge in [-0.2, -0.15) is 5.10 Å². The smallest absolute Gasteiger partial charge is 0.270 e. The number of fused-ring (bicyclic) bond motifs is 1. The van der Waals surface area contributed by atoms with Crippen LogP contribution in [-0.2, 0) is 0 Å². The van der Waals surface area contributed by atoms with Crippen LogP contribution in [0.3, 0.4) is 0 Å². The average Bonchev–Trinajstić information content (AvgIpc) is 3.29. The van der Waals surface area contributed by atoms with Gasteiger partial charge in [0.05, 0.1) is 17.4 Å². The van der Waals surface area contributed by atoms with Gasteiger partial charge in [-0.05, 0) is 42.8 Å². The first-order chi connectivity index (χ1) is 16.1. The number of halogens is 1. The molecular formula is C27H21FN4O. The molecule has 1 amide bonds. The van der Waals surface area contributed by atoms with Crippen LogP contribution >= 0.6 is 0 Å². The van der Waals surface area contributed by atoms with E-state index in [1.165, 1.54) is 12.1 Å². The summed E-state index contributed by atoms with van der Waals surface area (Å²) in [5.41, 5.74) is 4.81. The van der Waals surface area contributed by atoms with Crippen molar-refractivity contribution in [2.75, 3.05) is 0 Å². The molecule has 1 atom stereocenters. The fourth-order valence-corrected chi connectivity index (χ4v) is 3.75. The predicted octanol–water partition coefficient (Wildman–Crippen LogP) is 5.69. The third-order valence-corrected chi connectivity index (χ3v) is 5.52. The summed E-state index contributed by atoms with van der Waals surface area (Å²) in [5, 5.41) is 7.72. The Morgan fingerprint density at radius 3 is 2.18 bits per heavy atom. The Hall–Kier alpha value is -4.32. The first-order valence-corrected chi connectivity index (χ1v) is 10.7. The highest BCUT2D eigenvalue weighted by Crippen LogP contribution is 2.24. The van der Waals surface area contributed by atoms with Gasteiger partial charge in [-0.1, -0.05) is 60.7 Å². The molecule has 5 aromatic rings. The summed E-state index contributed by atoms with van der Waals surface area (Å²) >= 11 is 0. The second kappa shape index (κ2) is 8.67. The van der Waals surface area contributed by atoms with Crippen LogP contribution in [0.2, 0.25) is 0 Å². The molecule has 0 fully saturated rings. The summed E-state index contributed by atoms with van der Waals surface area (Å²) in [6.07, 6.45) is 0. The molecule has 162 valence electrons. The molecule has 5 rings (SSSR count). The Labute approximate surface area is 190 Å². The van der Waals surface area contributed by atoms with Crippen molar-refractivity contribution in [1.82, 2.24) is 19.9 Å². The largest absolute Gasteiger partial charge is 0.344 e. The van der Waals surface area contributed by atoms with Crippen molar-refractivity contribution >= 4 is 11.6 Å². The monoisotopic (exact) mass is 436 g/mol. The molecule has 2 heterocycles. The van der Waals surface area contributed by atoms with E-state index in [9.17, 15) is 9.18 Å². The highest BCUT2D eigenvalue weighted by Gasteiger charge is 2.19. The molecule has 6 heteroatoms. The number of hydrogen-bond acceptors (Lipinski definition) is 3. The van der Waals surface area contributed by atoms with Crippen molar-refractivity contribution in [3.8, 4) is 22.5 Å². The van der Waals surface area contributed by atoms with Gasteiger partial charge in [-0.25, -0.2) is 13.9 Å². The molecule has 1 unspecified atom stereocenters. The number of rotatable bonds is 5. The molecule has 2 aromatic heterocycles. The van der Waals surface area contributed by atoms with E-state index in [2.05, 4.69) is 10.4 Å². The van der Waals surface area contributed by atoms with Crippen molar-refractivity contribution in [2.24, 2.45) is 0 Å². The van der Waals surface area contributed by atoms with E-state index in [0.29, 0.717) is 28.3 Å². The summed E-state index contributed by atoms with van der Waals surface area (Å²) in [6.45, 7) is 1.94. The van der Waals surface area contributed by atoms with Crippen molar-refractivity contribution in [1.29, 1.82) is 0 Å². The fraction of sp³-hybridized carbons (Fsp3) is 0.0741. The fourth-order valence-electron chi connectivity index (χ4n) is 3.75. The van der Waals surface area contributed by atoms with E-state index in [4.69, 9.17) is 4.98 Å². The van der Waals surface area contributed by atoms with E-state index >= 15 is 0 Å². The zero-order valence-electron chi connectivity index (χ0n) is 17.9. The minimum atomic E-state index is -0.329. The van der Waals surface area contributed by atoms with E-state index in [0.717, 1.165) is 11.1 Å². The number of carbonyl (C=O) groups excluding carboxylic acids is 1. The van der Waals surface area contributed by atoms with Gasteiger partial charge in [0.2, 0.25) is 0 Å². The van der Waals surface area contributed by atoms with Crippen LogP contribution in [-0.4, -0.2) is 20.5 Å². The lowest BCUT2D eigenvalue weighted by atomic mass is 10.1. The normalized spacial score (nSPS) is 11.9. The van der Waals surface area contributed by atoms with E-state index in [-0.39, 0.29) is 17.8 Å². The number of carbonyl (C=O) groups is 1. The maximum atomic E-state index is 13.5. The zero-order chi connectivity index (χ0) is 22.8. The van der Waals surface area contributed by atoms with Gasteiger partial charge in [0.1, 0.15) is 11.5 Å². The number of benzene rings is 3. The second-order valence-corrected chi connectivity index (χ2v) is 7.80. The van der Waals surface area contributed by atoms with Crippen molar-refractivity contribution in [3.63, 3.8) is 0 Å². The SMILES string of the molecule is CC(NC(=O)c1cc(-c2ccc(F)cc2)nc2cc(-c3ccccc3)nn12)c1ccccc1. The van der Waals surface area contributed by atoms with Crippen molar-refractivity contribution in [2.45, 2.75) is 13.0 Å². The topological polar surface area (TPSA) is 59.3 Å². The molecule has 5 nitrogen and oxygen atoms in total. The number of hydrogen-bond donors (Lipinski definition) is 1. The van der Waals surface area contributed by atoms with E-state index in [1.54, 1.807) is 22.7 Å². The first kappa shape index (κ1) is 20.6. The lowest BCUT2D eigenvalue weighted by Gasteiger charge is -2.15. The summed E-state index contributed by atoms with van der Waals surface area (Å²) in [4.78, 5) is 18.1. The minimum Gasteiger partial charge on any atom is -0.344 e. The lowest BCUT2D eigenvalue weighted by molar-refractivity contribution is 0.0932. The van der Waals surface area contributed by atoms with Gasteiger partial charge in [-0.3, -0.25) is 4.79 Å². The number of aromatic nitrogens is 3. The van der Waals surface area contributed by atoms with Crippen LogP contribution in [0.25, 0.3) is 28.2 Å². The average molecular weight is 436 g/mol. The van der Waals surface area contributed by atoms with Gasteiger partial charge in [0.25, 0.3) is 5.91 Å². The molecule has 0 aliphatic carbocycles. The van der Waals surface area contributed by atoms with Gasteiger partial charge in [-0.15, -0.1) is 0 Å². The quantitative estimate of drug-likeness (QED) is 0.385. The summed E-state index contributed by atoms with van der Waals surface area (Å²) in [6, 6.07) is 28.9. The molecular weight excluding hydrogens is 415 g/mol. The zero-order valence-corrected chi connectivity index (χ0v) is 17.9. The molecule has 1 N–H and O–H groups in total. The lowest BCUT2D eigenvalue weighted by Crippen LogP contribution is -2.28. The molecule has 0 saturated carbocycles. The Morgan fingerprint density at radius 2 is 1.48 bits per heavy atom. The predicted molar refractivity (Wildman–Crippen MR) is 126 cm³/mol. The molecule has 0 bridgehead atoms. The first-order valence-electron chi connectivity index (χ1n) is 10.7. The summed E-state index contributed by atoms with van der Waals surface area (Å²) < 4.78 is 15.0. The highest BCUT2D eigenvalue weighted by molar-refractivity contribution is 5.94. The maximum Gasteiger partial charge on any atom is 0.270 e. The van der Waals surface area contributed by atoms with Gasteiger partial charge >= 0.3 is 0 Å². The Kier molecular flexibility index (Phi) is 5.40. The van der Waals surface area contributed by atoms with Crippen LogP contribution in [0.5, 0.6) is 0 Å². The molecule has 0 radical (unpaired) electrons. The van der Waals surface area contributed by atoms with Crippen molar-refractivity contribution < 1.29 is 9.18 Å². The third kappa shape index (κ3) is 4.23. The summed E-state index contributed by atoms with van der Waals surface area (Å²) in [7, 11) is 0. The Balaban J connectivity index is 1.60. The molecule has 3 aromatic carbocycles. The highest BCUT2D eigenvalue weighted by atomic mass is 19.1. The number of nitrogens with one attached hydrogen (secondary N) is 1. The van der Waals surface area contributed by atoms with Crippen LogP contribution in [0.4, 0.5) is 4.39 Å². The van der Waals surface area contributed by atoms with Crippen LogP contribution in [0, 0.1) is 5.82 Å². The molecule has 0 spiro atoms. The minimum absolute atomic E-state index is 0.194. The Morgan fingerprint density at radius 1 is 0.848 bits per heavy atom. The number of amides is 1. The van der Waals surface area contributed by atoms with Crippen molar-refractivity contribution in [3.05, 3.63) is 114 Å². The summed E-state index contributed by atoms with van der Waals surface area (Å²) in [5.74, 6) is -0.602. The third-order valence-electron chi connectivity index (χ3n) is 5.52. The number of nitrogens with zero attached hydrogens (tertiary/aromatic N) is 3. The van der Waals surface area contributed by atoms with Gasteiger partial charge in [0, 0.05) is 17.2 Å². The standard InChI is InChI=1S/C27H21FN4O/c1-18(19-8-4-2-5-9-19)29-27(33)25-16-23(21-12-14-22(28)15-13-21)30-26-17-24(31-32(25)26)20-10-6-3-7-11-20/h2-18H,1H3,(H,29,33). The van der Waals surface area contributed by atoms with Gasteiger partial charge in [0.15, 0.2) is 5.65 Å².